The molecule has 13 heteroatoms. The molecule has 0 spiro atoms. The van der Waals surface area contributed by atoms with Gasteiger partial charge in [0.05, 0.1) is 11.1 Å². The van der Waals surface area contributed by atoms with Gasteiger partial charge >= 0.3 is 17.9 Å². The average Bonchev–Trinajstić information content (AvgIpc) is 3.06. The number of carboxylic acids is 1. The highest BCUT2D eigenvalue weighted by Crippen LogP contribution is 2.16. The van der Waals surface area contributed by atoms with Gasteiger partial charge in [0.25, 0.3) is 17.7 Å². The third kappa shape index (κ3) is 9.25. The molecular weight excluding hydrogens is 630 g/mol. The van der Waals surface area contributed by atoms with E-state index in [0.29, 0.717) is 16.3 Å². The number of esters is 2. The third-order valence-electron chi connectivity index (χ3n) is 6.63. The van der Waals surface area contributed by atoms with Crippen LogP contribution in [0.1, 0.15) is 52.6 Å². The van der Waals surface area contributed by atoms with Crippen LogP contribution in [0.3, 0.4) is 0 Å². The molecule has 4 aromatic rings. The molecule has 3 amide bonds. The highest BCUT2D eigenvalue weighted by molar-refractivity contribution is 6.30. The van der Waals surface area contributed by atoms with Crippen LogP contribution in [0, 0.1) is 13.8 Å². The van der Waals surface area contributed by atoms with E-state index in [-0.39, 0.29) is 16.7 Å². The Morgan fingerprint density at radius 3 is 1.49 bits per heavy atom. The fourth-order valence-corrected chi connectivity index (χ4v) is 4.14. The molecule has 4 rings (SSSR count). The van der Waals surface area contributed by atoms with Crippen molar-refractivity contribution >= 4 is 52.9 Å². The Hall–Kier alpha value is -6.01. The fourth-order valence-electron chi connectivity index (χ4n) is 4.01. The van der Waals surface area contributed by atoms with Crippen LogP contribution in [-0.2, 0) is 19.1 Å². The number of hydrazine groups is 1. The van der Waals surface area contributed by atoms with E-state index < -0.39 is 47.8 Å². The number of rotatable bonds is 10. The number of carbonyl (C=O) groups excluding carboxylic acids is 5. The number of halogens is 1. The molecule has 0 saturated carbocycles. The van der Waals surface area contributed by atoms with Crippen LogP contribution in [0.5, 0.6) is 0 Å². The molecule has 240 valence electrons. The Balaban J connectivity index is 1.47. The van der Waals surface area contributed by atoms with Crippen molar-refractivity contribution < 1.29 is 43.3 Å². The van der Waals surface area contributed by atoms with Crippen molar-refractivity contribution in [2.24, 2.45) is 0 Å². The molecule has 0 bridgehead atoms. The summed E-state index contributed by atoms with van der Waals surface area (Å²) < 4.78 is 10.4. The van der Waals surface area contributed by atoms with Gasteiger partial charge in [0, 0.05) is 21.8 Å². The third-order valence-corrected chi connectivity index (χ3v) is 6.88. The molecule has 0 fully saturated rings. The van der Waals surface area contributed by atoms with Gasteiger partial charge in [-0.15, -0.1) is 0 Å². The van der Waals surface area contributed by atoms with E-state index in [2.05, 4.69) is 10.7 Å². The predicted molar refractivity (Wildman–Crippen MR) is 170 cm³/mol. The monoisotopic (exact) mass is 657 g/mol. The molecule has 0 aliphatic heterocycles. The van der Waals surface area contributed by atoms with E-state index >= 15 is 0 Å². The van der Waals surface area contributed by atoms with Crippen molar-refractivity contribution in [1.82, 2.24) is 10.9 Å². The van der Waals surface area contributed by atoms with Crippen LogP contribution in [0.15, 0.2) is 97.1 Å². The second-order valence-corrected chi connectivity index (χ2v) is 10.6. The van der Waals surface area contributed by atoms with Gasteiger partial charge < -0.3 is 19.9 Å². The number of hydrogen-bond acceptors (Lipinski definition) is 8. The quantitative estimate of drug-likeness (QED) is 0.141. The van der Waals surface area contributed by atoms with Crippen molar-refractivity contribution in [2.45, 2.75) is 26.1 Å². The summed E-state index contributed by atoms with van der Waals surface area (Å²) in [6, 6.07) is 23.9. The molecule has 0 aliphatic rings. The summed E-state index contributed by atoms with van der Waals surface area (Å²) in [5.74, 6) is -6.49. The first-order valence-electron chi connectivity index (χ1n) is 14.0. The standard InChI is InChI=1S/C34H28ClN3O9/c1-19-3-7-23(8-4-19)33(44)46-27(28(32(42)43)47-34(45)24-9-5-20(2)6-10-24)31(41)38-37-30(40)22-13-17-26(18-14-22)36-29(39)21-11-15-25(35)16-12-21/h3-18,27-28H,1-2H3,(H,36,39)(H,37,40)(H,38,41)(H,42,43)/t27-,28+/m1/s1. The van der Waals surface area contributed by atoms with Gasteiger partial charge in [-0.3, -0.25) is 25.2 Å². The van der Waals surface area contributed by atoms with Crippen molar-refractivity contribution in [2.75, 3.05) is 5.32 Å². The first kappa shape index (κ1) is 33.9. The maximum Gasteiger partial charge on any atom is 0.349 e. The molecule has 0 heterocycles. The Labute approximate surface area is 273 Å². The smallest absolute Gasteiger partial charge is 0.349 e. The van der Waals surface area contributed by atoms with Gasteiger partial charge in [-0.25, -0.2) is 14.4 Å². The minimum Gasteiger partial charge on any atom is -0.478 e. The number of carboxylic acid groups (broad SMARTS) is 1. The zero-order valence-corrected chi connectivity index (χ0v) is 25.7. The fraction of sp³-hybridized carbons (Fsp3) is 0.118. The van der Waals surface area contributed by atoms with Crippen molar-refractivity contribution in [3.63, 3.8) is 0 Å². The van der Waals surface area contributed by atoms with Gasteiger partial charge in [-0.2, -0.15) is 0 Å². The van der Waals surface area contributed by atoms with Crippen LogP contribution in [0.25, 0.3) is 0 Å². The second-order valence-electron chi connectivity index (χ2n) is 10.2. The second kappa shape index (κ2) is 15.3. The highest BCUT2D eigenvalue weighted by atomic mass is 35.5. The van der Waals surface area contributed by atoms with E-state index in [1.165, 1.54) is 48.5 Å². The zero-order chi connectivity index (χ0) is 34.1. The summed E-state index contributed by atoms with van der Waals surface area (Å²) >= 11 is 5.85. The molecule has 0 radical (unpaired) electrons. The van der Waals surface area contributed by atoms with Crippen LogP contribution >= 0.6 is 11.6 Å². The molecule has 12 nitrogen and oxygen atoms in total. The lowest BCUT2D eigenvalue weighted by atomic mass is 10.1. The summed E-state index contributed by atoms with van der Waals surface area (Å²) in [5, 5.41) is 13.1. The number of hydrogen-bond donors (Lipinski definition) is 4. The van der Waals surface area contributed by atoms with Gasteiger partial charge in [0.1, 0.15) is 0 Å². The predicted octanol–water partition coefficient (Wildman–Crippen LogP) is 4.51. The molecule has 2 atom stereocenters. The van der Waals surface area contributed by atoms with Gasteiger partial charge in [0.2, 0.25) is 12.2 Å². The van der Waals surface area contributed by atoms with Crippen LogP contribution in [0.2, 0.25) is 5.02 Å². The number of anilines is 1. The molecule has 0 aliphatic carbocycles. The van der Waals surface area contributed by atoms with Gasteiger partial charge in [-0.1, -0.05) is 47.0 Å². The van der Waals surface area contributed by atoms with E-state index in [1.807, 2.05) is 5.43 Å². The van der Waals surface area contributed by atoms with E-state index in [0.717, 1.165) is 11.1 Å². The number of carbonyl (C=O) groups is 6. The first-order chi connectivity index (χ1) is 22.4. The van der Waals surface area contributed by atoms with Crippen LogP contribution in [-0.4, -0.2) is 52.9 Å². The molecule has 0 unspecified atom stereocenters. The van der Waals surface area contributed by atoms with E-state index in [9.17, 15) is 33.9 Å². The molecule has 47 heavy (non-hydrogen) atoms. The largest absolute Gasteiger partial charge is 0.478 e. The number of amides is 3. The number of ether oxygens (including phenoxy) is 2. The average molecular weight is 658 g/mol. The van der Waals surface area contributed by atoms with Crippen LogP contribution < -0.4 is 16.2 Å². The lowest BCUT2D eigenvalue weighted by Gasteiger charge is -2.23. The van der Waals surface area contributed by atoms with Gasteiger partial charge in [0.15, 0.2) is 0 Å². The lowest BCUT2D eigenvalue weighted by Crippen LogP contribution is -2.54. The Morgan fingerprint density at radius 2 is 1.00 bits per heavy atom. The number of benzene rings is 4. The normalized spacial score (nSPS) is 11.7. The Bertz CT molecular complexity index is 1790. The molecule has 4 N–H and O–H groups in total. The summed E-state index contributed by atoms with van der Waals surface area (Å²) in [4.78, 5) is 76.4. The number of nitrogens with one attached hydrogen (secondary N) is 3. The summed E-state index contributed by atoms with van der Waals surface area (Å²) in [7, 11) is 0. The SMILES string of the molecule is Cc1ccc(C(=O)O[C@H](C(=O)O)[C@@H](OC(=O)c2ccc(C)cc2)C(=O)NNC(=O)c2ccc(NC(=O)c3ccc(Cl)cc3)cc2)cc1. The molecular formula is C34H28ClN3O9. The number of aliphatic carboxylic acids is 1. The minimum atomic E-state index is -2.29. The topological polar surface area (TPSA) is 177 Å². The Kier molecular flexibility index (Phi) is 11.0. The minimum absolute atomic E-state index is 0.00493. The Morgan fingerprint density at radius 1 is 0.574 bits per heavy atom. The van der Waals surface area contributed by atoms with Crippen molar-refractivity contribution in [3.05, 3.63) is 135 Å². The van der Waals surface area contributed by atoms with Gasteiger partial charge in [-0.05, 0) is 86.6 Å². The first-order valence-corrected chi connectivity index (χ1v) is 14.3. The van der Waals surface area contributed by atoms with Crippen LogP contribution in [0.4, 0.5) is 5.69 Å². The summed E-state index contributed by atoms with van der Waals surface area (Å²) in [6.07, 6.45) is -4.51. The molecule has 4 aromatic carbocycles. The van der Waals surface area contributed by atoms with Crippen molar-refractivity contribution in [3.8, 4) is 0 Å². The molecule has 0 saturated heterocycles. The highest BCUT2D eigenvalue weighted by Gasteiger charge is 2.41. The number of aryl methyl sites for hydroxylation is 2. The maximum absolute atomic E-state index is 13.2. The molecule has 0 aromatic heterocycles. The van der Waals surface area contributed by atoms with E-state index in [1.54, 1.807) is 62.4 Å². The van der Waals surface area contributed by atoms with E-state index in [4.69, 9.17) is 21.1 Å². The summed E-state index contributed by atoms with van der Waals surface area (Å²) in [6.45, 7) is 3.56. The maximum atomic E-state index is 13.2. The lowest BCUT2D eigenvalue weighted by molar-refractivity contribution is -0.159. The van der Waals surface area contributed by atoms with Crippen molar-refractivity contribution in [1.29, 1.82) is 0 Å². The zero-order valence-electron chi connectivity index (χ0n) is 25.0. The summed E-state index contributed by atoms with van der Waals surface area (Å²) in [5.41, 5.74) is 6.55.